The van der Waals surface area contributed by atoms with Crippen LogP contribution < -0.4 is 5.32 Å². The van der Waals surface area contributed by atoms with Crippen molar-refractivity contribution >= 4 is 11.9 Å². The number of halogens is 5. The second-order valence-corrected chi connectivity index (χ2v) is 10.1. The lowest BCUT2D eigenvalue weighted by atomic mass is 9.94. The van der Waals surface area contributed by atoms with Crippen LogP contribution in [0, 0.1) is 11.6 Å². The molecule has 2 aromatic heterocycles. The molecule has 1 amide bonds. The predicted molar refractivity (Wildman–Crippen MR) is 141 cm³/mol. The minimum atomic E-state index is -4.67. The molecule has 2 N–H and O–H groups in total. The van der Waals surface area contributed by atoms with Crippen molar-refractivity contribution < 1.29 is 36.6 Å². The standard InChI is InChI=1S/C30H25F5N4O3/c31-20-11-17(12-21(32)15-20)13-24(27-22(8-4-10-36-27)18-5-3-6-19(14-18)29(41)42)37-26(40)16-39-25-9-2-1-7-23(25)28(38-39)30(33,34)35/h3-6,8,10-12,14-15,24H,1-2,7,9,13,16H2,(H,37,40)(H,41,42). The quantitative estimate of drug-likeness (QED) is 0.251. The summed E-state index contributed by atoms with van der Waals surface area (Å²) in [7, 11) is 0. The number of carbonyl (C=O) groups excluding carboxylic acids is 1. The fraction of sp³-hybridized carbons (Fsp3) is 0.267. The third-order valence-electron chi connectivity index (χ3n) is 7.11. The van der Waals surface area contributed by atoms with Gasteiger partial charge in [0.2, 0.25) is 5.91 Å². The first-order chi connectivity index (χ1) is 20.0. The zero-order valence-electron chi connectivity index (χ0n) is 22.1. The van der Waals surface area contributed by atoms with Crippen LogP contribution in [0.25, 0.3) is 11.1 Å². The highest BCUT2D eigenvalue weighted by molar-refractivity contribution is 5.89. The van der Waals surface area contributed by atoms with E-state index in [-0.39, 0.29) is 35.2 Å². The van der Waals surface area contributed by atoms with E-state index in [4.69, 9.17) is 0 Å². The third kappa shape index (κ3) is 6.32. The number of hydrogen-bond acceptors (Lipinski definition) is 4. The summed E-state index contributed by atoms with van der Waals surface area (Å²) in [5.74, 6) is -3.48. The van der Waals surface area contributed by atoms with Crippen LogP contribution in [0.5, 0.6) is 0 Å². The molecule has 1 aliphatic rings. The molecule has 2 aromatic carbocycles. The summed E-state index contributed by atoms with van der Waals surface area (Å²) in [6.07, 6.45) is -1.52. The van der Waals surface area contributed by atoms with E-state index >= 15 is 0 Å². The van der Waals surface area contributed by atoms with Crippen LogP contribution in [0.15, 0.2) is 60.8 Å². The van der Waals surface area contributed by atoms with Crippen LogP contribution in [-0.2, 0) is 36.8 Å². The number of aromatic nitrogens is 3. The maximum absolute atomic E-state index is 14.1. The summed E-state index contributed by atoms with van der Waals surface area (Å²) < 4.78 is 70.2. The molecule has 42 heavy (non-hydrogen) atoms. The summed E-state index contributed by atoms with van der Waals surface area (Å²) in [6, 6.07) is 11.2. The van der Waals surface area contributed by atoms with E-state index in [1.165, 1.54) is 18.3 Å². The molecule has 4 aromatic rings. The Morgan fingerprint density at radius 2 is 1.74 bits per heavy atom. The second-order valence-electron chi connectivity index (χ2n) is 10.1. The molecule has 0 aliphatic heterocycles. The average molecular weight is 585 g/mol. The number of rotatable bonds is 8. The van der Waals surface area contributed by atoms with E-state index in [2.05, 4.69) is 15.4 Å². The summed E-state index contributed by atoms with van der Waals surface area (Å²) >= 11 is 0. The molecule has 218 valence electrons. The van der Waals surface area contributed by atoms with Crippen molar-refractivity contribution in [2.45, 2.75) is 50.9 Å². The lowest BCUT2D eigenvalue weighted by molar-refractivity contribution is -0.142. The van der Waals surface area contributed by atoms with Gasteiger partial charge in [-0.2, -0.15) is 18.3 Å². The van der Waals surface area contributed by atoms with E-state index in [1.54, 1.807) is 24.3 Å². The molecule has 0 radical (unpaired) electrons. The number of pyridine rings is 1. The molecular formula is C30H25F5N4O3. The summed E-state index contributed by atoms with van der Waals surface area (Å²) in [5.41, 5.74) is 0.870. The van der Waals surface area contributed by atoms with Gasteiger partial charge in [-0.05, 0) is 73.6 Å². The molecule has 1 atom stereocenters. The average Bonchev–Trinajstić information content (AvgIpc) is 3.31. The number of benzene rings is 2. The first kappa shape index (κ1) is 28.9. The Morgan fingerprint density at radius 3 is 2.45 bits per heavy atom. The number of hydrogen-bond donors (Lipinski definition) is 2. The van der Waals surface area contributed by atoms with E-state index < -0.39 is 48.0 Å². The first-order valence-corrected chi connectivity index (χ1v) is 13.2. The van der Waals surface area contributed by atoms with E-state index in [9.17, 15) is 36.6 Å². The summed E-state index contributed by atoms with van der Waals surface area (Å²) in [5, 5.41) is 16.0. The van der Waals surface area contributed by atoms with Crippen molar-refractivity contribution in [2.75, 3.05) is 0 Å². The molecule has 0 fully saturated rings. The largest absolute Gasteiger partial charge is 0.478 e. The van der Waals surface area contributed by atoms with Crippen molar-refractivity contribution in [1.29, 1.82) is 0 Å². The van der Waals surface area contributed by atoms with Gasteiger partial charge in [-0.15, -0.1) is 0 Å². The highest BCUT2D eigenvalue weighted by Gasteiger charge is 2.39. The molecule has 1 aliphatic carbocycles. The van der Waals surface area contributed by atoms with E-state index in [1.807, 2.05) is 0 Å². The molecule has 0 spiro atoms. The fourth-order valence-corrected chi connectivity index (χ4v) is 5.34. The van der Waals surface area contributed by atoms with Crippen LogP contribution in [0.3, 0.4) is 0 Å². The van der Waals surface area contributed by atoms with Gasteiger partial charge in [-0.3, -0.25) is 14.5 Å². The van der Waals surface area contributed by atoms with Gasteiger partial charge in [0.25, 0.3) is 0 Å². The highest BCUT2D eigenvalue weighted by Crippen LogP contribution is 2.36. The third-order valence-corrected chi connectivity index (χ3v) is 7.11. The maximum Gasteiger partial charge on any atom is 0.435 e. The molecular weight excluding hydrogens is 559 g/mol. The van der Waals surface area contributed by atoms with Gasteiger partial charge in [-0.1, -0.05) is 18.2 Å². The SMILES string of the molecule is O=C(Cn1nc(C(F)(F)F)c2c1CCCC2)NC(Cc1cc(F)cc(F)c1)c1ncccc1-c1cccc(C(=O)O)c1. The van der Waals surface area contributed by atoms with Gasteiger partial charge in [0, 0.05) is 29.1 Å². The molecule has 7 nitrogen and oxygen atoms in total. The smallest absolute Gasteiger partial charge is 0.435 e. The lowest BCUT2D eigenvalue weighted by Gasteiger charge is -2.22. The minimum Gasteiger partial charge on any atom is -0.478 e. The maximum atomic E-state index is 14.1. The van der Waals surface area contributed by atoms with Gasteiger partial charge in [-0.25, -0.2) is 13.6 Å². The lowest BCUT2D eigenvalue weighted by Crippen LogP contribution is -2.34. The van der Waals surface area contributed by atoms with Gasteiger partial charge in [0.1, 0.15) is 18.2 Å². The number of nitrogens with zero attached hydrogens (tertiary/aromatic N) is 3. The number of nitrogens with one attached hydrogen (secondary N) is 1. The van der Waals surface area contributed by atoms with Crippen molar-refractivity contribution in [1.82, 2.24) is 20.1 Å². The normalized spacial score (nSPS) is 13.8. The minimum absolute atomic E-state index is 0.0130. The molecule has 2 heterocycles. The number of carboxylic acids is 1. The number of carbonyl (C=O) groups is 2. The highest BCUT2D eigenvalue weighted by atomic mass is 19.4. The Morgan fingerprint density at radius 1 is 1.00 bits per heavy atom. The van der Waals surface area contributed by atoms with Crippen LogP contribution in [0.4, 0.5) is 22.0 Å². The van der Waals surface area contributed by atoms with Crippen LogP contribution in [0.1, 0.15) is 57.5 Å². The van der Waals surface area contributed by atoms with Crippen LogP contribution >= 0.6 is 0 Å². The number of fused-ring (bicyclic) bond motifs is 1. The Bertz CT molecular complexity index is 1630. The Kier molecular flexibility index (Phi) is 8.06. The predicted octanol–water partition coefficient (Wildman–Crippen LogP) is 5.92. The monoisotopic (exact) mass is 584 g/mol. The zero-order chi connectivity index (χ0) is 30.0. The van der Waals surface area contributed by atoms with Gasteiger partial charge in [0.15, 0.2) is 5.69 Å². The summed E-state index contributed by atoms with van der Waals surface area (Å²) in [4.78, 5) is 29.3. The van der Waals surface area contributed by atoms with Gasteiger partial charge in [0.05, 0.1) is 17.3 Å². The second kappa shape index (κ2) is 11.7. The van der Waals surface area contributed by atoms with Gasteiger partial charge < -0.3 is 10.4 Å². The van der Waals surface area contributed by atoms with Crippen molar-refractivity contribution in [2.24, 2.45) is 0 Å². The molecule has 12 heteroatoms. The van der Waals surface area contributed by atoms with Crippen molar-refractivity contribution in [3.8, 4) is 11.1 Å². The van der Waals surface area contributed by atoms with Crippen LogP contribution in [-0.4, -0.2) is 31.7 Å². The van der Waals surface area contributed by atoms with Gasteiger partial charge >= 0.3 is 12.1 Å². The zero-order valence-corrected chi connectivity index (χ0v) is 22.1. The molecule has 0 bridgehead atoms. The van der Waals surface area contributed by atoms with Crippen molar-refractivity contribution in [3.63, 3.8) is 0 Å². The number of amides is 1. The topological polar surface area (TPSA) is 97.1 Å². The van der Waals surface area contributed by atoms with E-state index in [0.717, 1.165) is 16.8 Å². The van der Waals surface area contributed by atoms with Crippen molar-refractivity contribution in [3.05, 3.63) is 106 Å². The fourth-order valence-electron chi connectivity index (χ4n) is 5.34. The molecule has 1 unspecified atom stereocenters. The number of carboxylic acid groups (broad SMARTS) is 1. The molecule has 0 saturated heterocycles. The Balaban J connectivity index is 1.51. The first-order valence-electron chi connectivity index (χ1n) is 13.2. The summed E-state index contributed by atoms with van der Waals surface area (Å²) in [6.45, 7) is -0.511. The molecule has 0 saturated carbocycles. The molecule has 5 rings (SSSR count). The van der Waals surface area contributed by atoms with Crippen LogP contribution in [0.2, 0.25) is 0 Å². The Hall–Kier alpha value is -4.61. The Labute approximate surface area is 237 Å². The number of aromatic carboxylic acids is 1. The number of alkyl halides is 3. The van der Waals surface area contributed by atoms with E-state index in [0.29, 0.717) is 42.1 Å².